The van der Waals surface area contributed by atoms with Gasteiger partial charge in [-0.2, -0.15) is 0 Å². The zero-order valence-electron chi connectivity index (χ0n) is 31.1. The molecule has 7 rings (SSSR count). The molecular weight excluding hydrogens is 675 g/mol. The number of nitrogens with one attached hydrogen (secondary N) is 1. The maximum atomic E-state index is 8.73. The molecule has 0 spiro atoms. The number of allylic oxidation sites excluding steroid dienone is 8. The molecule has 0 saturated heterocycles. The van der Waals surface area contributed by atoms with Crippen molar-refractivity contribution in [2.75, 3.05) is 0 Å². The van der Waals surface area contributed by atoms with Crippen molar-refractivity contribution in [3.63, 3.8) is 0 Å². The van der Waals surface area contributed by atoms with E-state index in [4.69, 9.17) is 25.7 Å². The molecule has 2 aromatic heterocycles. The molecule has 0 aliphatic rings. The molecule has 0 amide bonds. The third kappa shape index (κ3) is 7.97. The van der Waals surface area contributed by atoms with Crippen LogP contribution in [0.4, 0.5) is 0 Å². The number of rotatable bonds is 12. The molecule has 5 aromatic carbocycles. The molecule has 2 heterocycles. The number of fused-ring (bicyclic) bond motifs is 2. The van der Waals surface area contributed by atoms with Crippen molar-refractivity contribution in [2.45, 2.75) is 20.3 Å². The normalized spacial score (nSPS) is 12.7. The van der Waals surface area contributed by atoms with Crippen LogP contribution in [0.2, 0.25) is 0 Å². The van der Waals surface area contributed by atoms with E-state index in [1.807, 2.05) is 117 Å². The molecule has 0 atom stereocenters. The molecule has 0 radical (unpaired) electrons. The van der Waals surface area contributed by atoms with Crippen molar-refractivity contribution in [1.29, 1.82) is 5.41 Å². The maximum Gasteiger partial charge on any atom is 0.177 e. The largest absolute Gasteiger partial charge is 0.453 e. The van der Waals surface area contributed by atoms with Crippen molar-refractivity contribution >= 4 is 45.1 Å². The van der Waals surface area contributed by atoms with Gasteiger partial charge in [0.25, 0.3) is 0 Å². The third-order valence-corrected chi connectivity index (χ3v) is 9.52. The summed E-state index contributed by atoms with van der Waals surface area (Å²) < 4.78 is 13.1. The Morgan fingerprint density at radius 2 is 1.35 bits per heavy atom. The molecule has 5 heteroatoms. The van der Waals surface area contributed by atoms with E-state index in [2.05, 4.69) is 61.2 Å². The lowest BCUT2D eigenvalue weighted by atomic mass is 9.99. The fourth-order valence-electron chi connectivity index (χ4n) is 6.73. The first kappa shape index (κ1) is 36.3. The summed E-state index contributed by atoms with van der Waals surface area (Å²) in [4.78, 5) is 0. The van der Waals surface area contributed by atoms with Gasteiger partial charge < -0.3 is 25.7 Å². The quantitative estimate of drug-likeness (QED) is 0.0865. The van der Waals surface area contributed by atoms with Crippen molar-refractivity contribution < 1.29 is 8.83 Å². The molecule has 0 aliphatic carbocycles. The van der Waals surface area contributed by atoms with Gasteiger partial charge in [0, 0.05) is 33.3 Å². The van der Waals surface area contributed by atoms with Crippen molar-refractivity contribution in [1.82, 2.24) is 0 Å². The Hall–Kier alpha value is -7.11. The second-order valence-electron chi connectivity index (χ2n) is 13.3. The average Bonchev–Trinajstić information content (AvgIpc) is 3.81. The van der Waals surface area contributed by atoms with Crippen LogP contribution in [-0.2, 0) is 0 Å². The first-order valence-electron chi connectivity index (χ1n) is 18.3. The highest BCUT2D eigenvalue weighted by Crippen LogP contribution is 2.40. The van der Waals surface area contributed by atoms with Crippen LogP contribution < -0.4 is 11.5 Å². The Kier molecular flexibility index (Phi) is 10.7. The van der Waals surface area contributed by atoms with Crippen LogP contribution in [0, 0.1) is 5.41 Å². The van der Waals surface area contributed by atoms with Crippen LogP contribution >= 0.6 is 0 Å². The Morgan fingerprint density at radius 1 is 0.673 bits per heavy atom. The molecule has 270 valence electrons. The van der Waals surface area contributed by atoms with Gasteiger partial charge in [-0.3, -0.25) is 0 Å². The molecule has 0 unspecified atom stereocenters. The molecule has 5 nitrogen and oxygen atoms in total. The van der Waals surface area contributed by atoms with E-state index >= 15 is 0 Å². The van der Waals surface area contributed by atoms with Crippen molar-refractivity contribution in [3.8, 4) is 33.8 Å². The molecule has 55 heavy (non-hydrogen) atoms. The number of hydrogen-bond acceptors (Lipinski definition) is 5. The highest BCUT2D eigenvalue weighted by atomic mass is 16.4. The Balaban J connectivity index is 1.18. The van der Waals surface area contributed by atoms with E-state index < -0.39 is 0 Å². The summed E-state index contributed by atoms with van der Waals surface area (Å²) in [5.74, 6) is 1.32. The predicted molar refractivity (Wildman–Crippen MR) is 232 cm³/mol. The van der Waals surface area contributed by atoms with Crippen LogP contribution in [0.25, 0.3) is 73.2 Å². The second-order valence-corrected chi connectivity index (χ2v) is 13.3. The predicted octanol–water partition coefficient (Wildman–Crippen LogP) is 13.0. The third-order valence-electron chi connectivity index (χ3n) is 9.52. The van der Waals surface area contributed by atoms with Crippen LogP contribution in [0.5, 0.6) is 0 Å². The van der Waals surface area contributed by atoms with E-state index in [9.17, 15) is 0 Å². The van der Waals surface area contributed by atoms with Crippen LogP contribution in [0.15, 0.2) is 185 Å². The van der Waals surface area contributed by atoms with E-state index in [1.165, 1.54) is 0 Å². The summed E-state index contributed by atoms with van der Waals surface area (Å²) in [6.07, 6.45) is 16.4. The fourth-order valence-corrected chi connectivity index (χ4v) is 6.73. The Bertz CT molecular complexity index is 2700. The molecule has 5 N–H and O–H groups in total. The summed E-state index contributed by atoms with van der Waals surface area (Å²) in [5, 5.41) is 10.7. The van der Waals surface area contributed by atoms with Gasteiger partial charge in [-0.1, -0.05) is 134 Å². The number of nitrogens with two attached hydrogens (primary N) is 2. The van der Waals surface area contributed by atoms with Crippen molar-refractivity contribution in [2.24, 2.45) is 11.5 Å². The molecule has 0 bridgehead atoms. The minimum atomic E-state index is 0.342. The maximum absolute atomic E-state index is 8.73. The number of hydrogen-bond donors (Lipinski definition) is 3. The van der Waals surface area contributed by atoms with Crippen LogP contribution in [0.3, 0.4) is 0 Å². The molecule has 0 saturated carbocycles. The van der Waals surface area contributed by atoms with Gasteiger partial charge in [0.1, 0.15) is 11.2 Å². The summed E-state index contributed by atoms with van der Waals surface area (Å²) in [6.45, 7) is 7.82. The van der Waals surface area contributed by atoms with Crippen LogP contribution in [0.1, 0.15) is 42.5 Å². The summed E-state index contributed by atoms with van der Waals surface area (Å²) in [6, 6.07) is 40.4. The monoisotopic (exact) mass is 717 g/mol. The topological polar surface area (TPSA) is 102 Å². The van der Waals surface area contributed by atoms with Gasteiger partial charge >= 0.3 is 0 Å². The lowest BCUT2D eigenvalue weighted by molar-refractivity contribution is 0.569. The lowest BCUT2D eigenvalue weighted by Gasteiger charge is -2.07. The first-order chi connectivity index (χ1) is 26.8. The van der Waals surface area contributed by atoms with Gasteiger partial charge in [0.05, 0.1) is 5.71 Å². The molecule has 0 fully saturated rings. The van der Waals surface area contributed by atoms with Crippen molar-refractivity contribution in [3.05, 3.63) is 198 Å². The highest BCUT2D eigenvalue weighted by molar-refractivity contribution is 6.10. The van der Waals surface area contributed by atoms with Gasteiger partial charge in [-0.05, 0) is 102 Å². The fraction of sp³-hybridized carbons (Fsp3) is 0.0600. The molecule has 7 aromatic rings. The van der Waals surface area contributed by atoms with E-state index in [1.54, 1.807) is 12.2 Å². The smallest absolute Gasteiger partial charge is 0.177 e. The number of furan rings is 2. The summed E-state index contributed by atoms with van der Waals surface area (Å²) >= 11 is 0. The van der Waals surface area contributed by atoms with E-state index in [0.717, 1.165) is 77.7 Å². The zero-order valence-corrected chi connectivity index (χ0v) is 31.1. The van der Waals surface area contributed by atoms with Gasteiger partial charge in [0.2, 0.25) is 0 Å². The summed E-state index contributed by atoms with van der Waals surface area (Å²) in [7, 11) is 0. The summed E-state index contributed by atoms with van der Waals surface area (Å²) in [5.41, 5.74) is 24.7. The van der Waals surface area contributed by atoms with E-state index in [0.29, 0.717) is 29.4 Å². The minimum Gasteiger partial charge on any atom is -0.453 e. The van der Waals surface area contributed by atoms with E-state index in [-0.39, 0.29) is 0 Å². The van der Waals surface area contributed by atoms with Gasteiger partial charge in [0.15, 0.2) is 11.5 Å². The average molecular weight is 718 g/mol. The first-order valence-corrected chi connectivity index (χ1v) is 18.3. The van der Waals surface area contributed by atoms with Crippen LogP contribution in [-0.4, -0.2) is 5.71 Å². The molecule has 0 aliphatic heterocycles. The standard InChI is InChI=1S/C50H43N3O2/c1-4-12-33(13-5-2)21-26-44(51)39-19-10-17-35(27-39)38-24-25-42-43(14-6-3)50(55-48(42)30-38)49-31-41-23-22-37(29-47(41)54-49)36-18-11-20-40(28-36)46(53)32-45(52)34-15-8-7-9-16-34/h4-20,22-32,53H,1,21,51-52H2,2-3H3/b13-5-,14-6-,33-12+,44-26-,45-32-,53-46?. The zero-order chi connectivity index (χ0) is 38.3. The Morgan fingerprint density at radius 3 is 2.07 bits per heavy atom. The SMILES string of the molecule is C=C/C=C(\C=C/C)C/C=C(\N)c1cccc(-c2ccc3c(/C=C\C)c(-c4cc5ccc(-c6cccc(C(=N)/C=C(\N)c7ccccc7)c6)cc5o4)oc3c2)c1. The second kappa shape index (κ2) is 16.3. The lowest BCUT2D eigenvalue weighted by Crippen LogP contribution is -2.02. The minimum absolute atomic E-state index is 0.342. The molecular formula is C50H43N3O2. The highest BCUT2D eigenvalue weighted by Gasteiger charge is 2.19. The van der Waals surface area contributed by atoms with Gasteiger partial charge in [-0.25, -0.2) is 0 Å². The van der Waals surface area contributed by atoms with Gasteiger partial charge in [-0.15, -0.1) is 0 Å². The number of benzene rings is 5. The Labute approximate surface area is 322 Å².